The number of phenolic OH excluding ortho intramolecular Hbond substituents is 1. The molecule has 4 fully saturated rings. The molecule has 2 heteroatoms. The average Bonchev–Trinajstić information content (AvgIpc) is 2.30. The molecule has 18 heavy (non-hydrogen) atoms. The minimum atomic E-state index is -0.455. The first kappa shape index (κ1) is 10.8. The van der Waals surface area contributed by atoms with Gasteiger partial charge in [0.1, 0.15) is 0 Å². The summed E-state index contributed by atoms with van der Waals surface area (Å²) >= 11 is 0. The maximum Gasteiger partial charge on any atom is 0.165 e. The number of halogens is 1. The van der Waals surface area contributed by atoms with Crippen molar-refractivity contribution in [2.75, 3.05) is 0 Å². The second-order valence-electron chi connectivity index (χ2n) is 6.83. The maximum absolute atomic E-state index is 13.6. The van der Waals surface area contributed by atoms with Crippen molar-refractivity contribution >= 4 is 0 Å². The molecule has 96 valence electrons. The molecule has 1 N–H and O–H groups in total. The number of aromatic hydroxyl groups is 1. The summed E-state index contributed by atoms with van der Waals surface area (Å²) in [6.07, 6.45) is 7.60. The van der Waals surface area contributed by atoms with Crippen molar-refractivity contribution < 1.29 is 9.50 Å². The molecule has 0 unspecified atom stereocenters. The molecular formula is C16H19FO. The predicted molar refractivity (Wildman–Crippen MR) is 67.9 cm³/mol. The Bertz CT molecular complexity index is 459. The zero-order valence-electron chi connectivity index (χ0n) is 10.5. The van der Waals surface area contributed by atoms with Gasteiger partial charge in [-0.1, -0.05) is 12.1 Å². The Hall–Kier alpha value is -1.05. The smallest absolute Gasteiger partial charge is 0.165 e. The highest BCUT2D eigenvalue weighted by atomic mass is 19.1. The van der Waals surface area contributed by atoms with Gasteiger partial charge in [0.2, 0.25) is 0 Å². The summed E-state index contributed by atoms with van der Waals surface area (Å²) in [5, 5.41) is 10.1. The summed E-state index contributed by atoms with van der Waals surface area (Å²) in [4.78, 5) is 0. The third-order valence-corrected chi connectivity index (χ3v) is 5.60. The molecule has 5 rings (SSSR count). The molecule has 1 nitrogen and oxygen atoms in total. The van der Waals surface area contributed by atoms with Crippen LogP contribution in [0.1, 0.15) is 44.1 Å². The van der Waals surface area contributed by atoms with Crippen molar-refractivity contribution in [3.63, 3.8) is 0 Å². The zero-order chi connectivity index (χ0) is 12.3. The van der Waals surface area contributed by atoms with Gasteiger partial charge in [0.15, 0.2) is 11.6 Å². The largest absolute Gasteiger partial charge is 0.505 e. The van der Waals surface area contributed by atoms with E-state index in [1.54, 1.807) is 6.07 Å². The summed E-state index contributed by atoms with van der Waals surface area (Å²) in [7, 11) is 0. The number of benzene rings is 1. The van der Waals surface area contributed by atoms with Crippen molar-refractivity contribution in [3.8, 4) is 5.75 Å². The molecule has 0 aliphatic heterocycles. The van der Waals surface area contributed by atoms with Gasteiger partial charge in [-0.2, -0.15) is 0 Å². The Balaban J connectivity index is 1.81. The quantitative estimate of drug-likeness (QED) is 0.794. The van der Waals surface area contributed by atoms with E-state index in [1.165, 1.54) is 25.3 Å². The lowest BCUT2D eigenvalue weighted by Gasteiger charge is -2.57. The summed E-state index contributed by atoms with van der Waals surface area (Å²) in [6.45, 7) is 0. The van der Waals surface area contributed by atoms with Crippen molar-refractivity contribution in [1.29, 1.82) is 0 Å². The third-order valence-electron chi connectivity index (χ3n) is 5.60. The topological polar surface area (TPSA) is 20.2 Å². The van der Waals surface area contributed by atoms with Gasteiger partial charge in [0.05, 0.1) is 0 Å². The first-order valence-corrected chi connectivity index (χ1v) is 7.14. The fourth-order valence-corrected chi connectivity index (χ4v) is 5.38. The van der Waals surface area contributed by atoms with E-state index in [2.05, 4.69) is 0 Å². The van der Waals surface area contributed by atoms with E-state index >= 15 is 0 Å². The van der Waals surface area contributed by atoms with E-state index in [9.17, 15) is 9.50 Å². The van der Waals surface area contributed by atoms with Crippen LogP contribution in [0.2, 0.25) is 0 Å². The number of para-hydroxylation sites is 1. The number of phenols is 1. The molecule has 0 heterocycles. The molecule has 1 aromatic rings. The molecule has 0 radical (unpaired) electrons. The van der Waals surface area contributed by atoms with Gasteiger partial charge in [-0.15, -0.1) is 0 Å². The third kappa shape index (κ3) is 1.38. The van der Waals surface area contributed by atoms with Crippen LogP contribution in [0.5, 0.6) is 5.75 Å². The minimum Gasteiger partial charge on any atom is -0.505 e. The molecule has 4 bridgehead atoms. The standard InChI is InChI=1S/C16H19FO/c17-14-3-1-2-13(15(14)18)16-7-10-4-11(8-16)6-12(5-10)9-16/h1-3,10-12,18H,4-9H2. The van der Waals surface area contributed by atoms with Crippen LogP contribution in [-0.2, 0) is 5.41 Å². The fraction of sp³-hybridized carbons (Fsp3) is 0.625. The summed E-state index contributed by atoms with van der Waals surface area (Å²) in [5.74, 6) is 1.92. The highest BCUT2D eigenvalue weighted by molar-refractivity contribution is 5.41. The molecule has 0 aromatic heterocycles. The van der Waals surface area contributed by atoms with E-state index in [0.29, 0.717) is 0 Å². The Kier molecular flexibility index (Phi) is 2.10. The lowest BCUT2D eigenvalue weighted by molar-refractivity contribution is -0.00634. The summed E-state index contributed by atoms with van der Waals surface area (Å²) in [5.41, 5.74) is 0.975. The van der Waals surface area contributed by atoms with Crippen molar-refractivity contribution in [2.45, 2.75) is 43.9 Å². The molecule has 4 saturated carbocycles. The number of rotatable bonds is 1. The lowest BCUT2D eigenvalue weighted by Crippen LogP contribution is -2.48. The van der Waals surface area contributed by atoms with Crippen LogP contribution >= 0.6 is 0 Å². The first-order chi connectivity index (χ1) is 8.66. The average molecular weight is 246 g/mol. The highest BCUT2D eigenvalue weighted by Crippen LogP contribution is 2.61. The minimum absolute atomic E-state index is 0.0838. The van der Waals surface area contributed by atoms with Crippen LogP contribution in [0, 0.1) is 23.6 Å². The normalized spacial score (nSPS) is 41.3. The van der Waals surface area contributed by atoms with E-state index < -0.39 is 5.82 Å². The van der Waals surface area contributed by atoms with E-state index in [1.807, 2.05) is 6.07 Å². The molecule has 4 aliphatic rings. The van der Waals surface area contributed by atoms with Gasteiger partial charge >= 0.3 is 0 Å². The SMILES string of the molecule is Oc1c(F)cccc1C12CC3CC(CC(C3)C1)C2. The van der Waals surface area contributed by atoms with Crippen LogP contribution in [-0.4, -0.2) is 5.11 Å². The summed E-state index contributed by atoms with van der Waals surface area (Å²) in [6, 6.07) is 5.06. The lowest BCUT2D eigenvalue weighted by atomic mass is 9.48. The van der Waals surface area contributed by atoms with Crippen molar-refractivity contribution in [3.05, 3.63) is 29.6 Å². The van der Waals surface area contributed by atoms with Gasteiger partial charge in [-0.3, -0.25) is 0 Å². The van der Waals surface area contributed by atoms with Crippen molar-refractivity contribution in [1.82, 2.24) is 0 Å². The molecule has 0 saturated heterocycles. The maximum atomic E-state index is 13.6. The van der Waals surface area contributed by atoms with Crippen LogP contribution in [0.25, 0.3) is 0 Å². The predicted octanol–water partition coefficient (Wildman–Crippen LogP) is 4.00. The van der Waals surface area contributed by atoms with Gasteiger partial charge in [0.25, 0.3) is 0 Å². The number of hydrogen-bond donors (Lipinski definition) is 1. The monoisotopic (exact) mass is 246 g/mol. The molecular weight excluding hydrogens is 227 g/mol. The van der Waals surface area contributed by atoms with Crippen LogP contribution in [0.15, 0.2) is 18.2 Å². The van der Waals surface area contributed by atoms with Gasteiger partial charge in [-0.05, 0) is 67.8 Å². The highest BCUT2D eigenvalue weighted by Gasteiger charge is 2.52. The Labute approximate surface area is 107 Å². The Morgan fingerprint density at radius 3 is 2.11 bits per heavy atom. The Morgan fingerprint density at radius 2 is 1.56 bits per heavy atom. The van der Waals surface area contributed by atoms with Crippen LogP contribution < -0.4 is 0 Å². The molecule has 1 aromatic carbocycles. The van der Waals surface area contributed by atoms with Crippen LogP contribution in [0.4, 0.5) is 4.39 Å². The summed E-state index contributed by atoms with van der Waals surface area (Å²) < 4.78 is 13.6. The van der Waals surface area contributed by atoms with Crippen LogP contribution in [0.3, 0.4) is 0 Å². The molecule has 4 aliphatic carbocycles. The molecule has 0 spiro atoms. The van der Waals surface area contributed by atoms with Gasteiger partial charge < -0.3 is 5.11 Å². The second kappa shape index (κ2) is 3.49. The van der Waals surface area contributed by atoms with E-state index in [4.69, 9.17) is 0 Å². The van der Waals surface area contributed by atoms with Crippen molar-refractivity contribution in [2.24, 2.45) is 17.8 Å². The van der Waals surface area contributed by atoms with Gasteiger partial charge in [-0.25, -0.2) is 4.39 Å². The van der Waals surface area contributed by atoms with Gasteiger partial charge in [0, 0.05) is 5.56 Å². The molecule has 0 atom stereocenters. The fourth-order valence-electron chi connectivity index (χ4n) is 5.38. The first-order valence-electron chi connectivity index (χ1n) is 7.14. The molecule has 0 amide bonds. The van der Waals surface area contributed by atoms with E-state index in [0.717, 1.165) is 42.6 Å². The number of hydrogen-bond acceptors (Lipinski definition) is 1. The zero-order valence-corrected chi connectivity index (χ0v) is 10.5. The van der Waals surface area contributed by atoms with E-state index in [-0.39, 0.29) is 11.2 Å². The Morgan fingerprint density at radius 1 is 1.00 bits per heavy atom. The second-order valence-corrected chi connectivity index (χ2v) is 6.83.